The highest BCUT2D eigenvalue weighted by Crippen LogP contribution is 2.27. The van der Waals surface area contributed by atoms with Crippen LogP contribution in [0.2, 0.25) is 0 Å². The molecule has 3 nitrogen and oxygen atoms in total. The Hall–Kier alpha value is -1.48. The van der Waals surface area contributed by atoms with Gasteiger partial charge in [0.1, 0.15) is 5.58 Å². The fourth-order valence-corrected chi connectivity index (χ4v) is 2.44. The standard InChI is InChI=1S/C14H18N2O/c1-10-3-4-13-12(7-10)8-14(17-13)16-6-5-15-11(2)9-16/h3-4,7-8,11,15H,5-6,9H2,1-2H3. The van der Waals surface area contributed by atoms with E-state index in [4.69, 9.17) is 4.42 Å². The molecule has 90 valence electrons. The van der Waals surface area contributed by atoms with Crippen LogP contribution in [0.3, 0.4) is 0 Å². The molecule has 0 bridgehead atoms. The van der Waals surface area contributed by atoms with E-state index in [0.29, 0.717) is 6.04 Å². The topological polar surface area (TPSA) is 28.4 Å². The summed E-state index contributed by atoms with van der Waals surface area (Å²) in [6.45, 7) is 7.37. The Kier molecular flexibility index (Phi) is 2.56. The van der Waals surface area contributed by atoms with Gasteiger partial charge in [0.05, 0.1) is 0 Å². The lowest BCUT2D eigenvalue weighted by Crippen LogP contribution is -2.49. The number of benzene rings is 1. The van der Waals surface area contributed by atoms with Crippen molar-refractivity contribution in [2.45, 2.75) is 19.9 Å². The molecular weight excluding hydrogens is 212 g/mol. The van der Waals surface area contributed by atoms with Gasteiger partial charge in [-0.05, 0) is 26.0 Å². The summed E-state index contributed by atoms with van der Waals surface area (Å²) in [4.78, 5) is 2.32. The van der Waals surface area contributed by atoms with E-state index in [9.17, 15) is 0 Å². The summed E-state index contributed by atoms with van der Waals surface area (Å²) in [7, 11) is 0. The van der Waals surface area contributed by atoms with Crippen molar-refractivity contribution >= 4 is 16.9 Å². The molecule has 1 aliphatic heterocycles. The Balaban J connectivity index is 1.94. The molecule has 1 unspecified atom stereocenters. The second kappa shape index (κ2) is 4.08. The van der Waals surface area contributed by atoms with Crippen molar-refractivity contribution in [1.82, 2.24) is 5.32 Å². The van der Waals surface area contributed by atoms with E-state index < -0.39 is 0 Å². The van der Waals surface area contributed by atoms with Crippen LogP contribution in [0.5, 0.6) is 0 Å². The quantitative estimate of drug-likeness (QED) is 0.816. The summed E-state index contributed by atoms with van der Waals surface area (Å²) in [5, 5.41) is 4.64. The monoisotopic (exact) mass is 230 g/mol. The molecule has 2 aromatic rings. The summed E-state index contributed by atoms with van der Waals surface area (Å²) < 4.78 is 5.91. The normalized spacial score (nSPS) is 21.1. The first-order valence-electron chi connectivity index (χ1n) is 6.21. The van der Waals surface area contributed by atoms with Crippen molar-refractivity contribution < 1.29 is 4.42 Å². The predicted octanol–water partition coefficient (Wildman–Crippen LogP) is 2.54. The first-order valence-corrected chi connectivity index (χ1v) is 6.21. The first-order chi connectivity index (χ1) is 8.22. The van der Waals surface area contributed by atoms with Gasteiger partial charge in [-0.3, -0.25) is 0 Å². The van der Waals surface area contributed by atoms with E-state index in [1.54, 1.807) is 0 Å². The van der Waals surface area contributed by atoms with Gasteiger partial charge in [0, 0.05) is 37.1 Å². The van der Waals surface area contributed by atoms with Gasteiger partial charge in [-0.1, -0.05) is 11.6 Å². The van der Waals surface area contributed by atoms with Crippen molar-refractivity contribution in [3.8, 4) is 0 Å². The number of hydrogen-bond acceptors (Lipinski definition) is 3. The average Bonchev–Trinajstić information content (AvgIpc) is 2.72. The van der Waals surface area contributed by atoms with Crippen LogP contribution in [0.15, 0.2) is 28.7 Å². The molecule has 3 rings (SSSR count). The maximum Gasteiger partial charge on any atom is 0.196 e. The largest absolute Gasteiger partial charge is 0.441 e. The predicted molar refractivity (Wildman–Crippen MR) is 70.6 cm³/mol. The van der Waals surface area contributed by atoms with Crippen LogP contribution in [-0.2, 0) is 0 Å². The van der Waals surface area contributed by atoms with E-state index in [1.165, 1.54) is 10.9 Å². The zero-order chi connectivity index (χ0) is 11.8. The highest BCUT2D eigenvalue weighted by Gasteiger charge is 2.18. The van der Waals surface area contributed by atoms with Gasteiger partial charge in [0.15, 0.2) is 5.88 Å². The van der Waals surface area contributed by atoms with Crippen LogP contribution in [0.4, 0.5) is 5.88 Å². The summed E-state index contributed by atoms with van der Waals surface area (Å²) in [5.41, 5.74) is 2.26. The second-order valence-corrected chi connectivity index (χ2v) is 4.93. The molecule has 0 radical (unpaired) electrons. The van der Waals surface area contributed by atoms with E-state index in [2.05, 4.69) is 48.3 Å². The van der Waals surface area contributed by atoms with Gasteiger partial charge in [0.25, 0.3) is 0 Å². The smallest absolute Gasteiger partial charge is 0.196 e. The van der Waals surface area contributed by atoms with E-state index in [-0.39, 0.29) is 0 Å². The van der Waals surface area contributed by atoms with Gasteiger partial charge < -0.3 is 14.6 Å². The molecule has 2 heterocycles. The third-order valence-corrected chi connectivity index (χ3v) is 3.34. The molecule has 1 fully saturated rings. The first kappa shape index (κ1) is 10.7. The molecule has 1 aromatic heterocycles. The molecule has 1 saturated heterocycles. The molecule has 17 heavy (non-hydrogen) atoms. The average molecular weight is 230 g/mol. The summed E-state index contributed by atoms with van der Waals surface area (Å²) in [6, 6.07) is 9.00. The van der Waals surface area contributed by atoms with Gasteiger partial charge in [-0.15, -0.1) is 0 Å². The number of rotatable bonds is 1. The van der Waals surface area contributed by atoms with Gasteiger partial charge in [0.2, 0.25) is 0 Å². The van der Waals surface area contributed by atoms with E-state index in [1.807, 2.05) is 0 Å². The number of furan rings is 1. The van der Waals surface area contributed by atoms with Gasteiger partial charge >= 0.3 is 0 Å². The van der Waals surface area contributed by atoms with Crippen molar-refractivity contribution in [3.63, 3.8) is 0 Å². The molecule has 1 aliphatic rings. The lowest BCUT2D eigenvalue weighted by atomic mass is 10.2. The Morgan fingerprint density at radius 3 is 3.06 bits per heavy atom. The van der Waals surface area contributed by atoms with Crippen LogP contribution in [-0.4, -0.2) is 25.7 Å². The van der Waals surface area contributed by atoms with Crippen LogP contribution >= 0.6 is 0 Å². The van der Waals surface area contributed by atoms with E-state index in [0.717, 1.165) is 31.1 Å². The minimum atomic E-state index is 0.527. The minimum Gasteiger partial charge on any atom is -0.441 e. The highest BCUT2D eigenvalue weighted by atomic mass is 16.4. The number of fused-ring (bicyclic) bond motifs is 1. The molecule has 0 saturated carbocycles. The Labute approximate surface area is 101 Å². The lowest BCUT2D eigenvalue weighted by Gasteiger charge is -2.31. The minimum absolute atomic E-state index is 0.527. The number of piperazine rings is 1. The number of aryl methyl sites for hydroxylation is 1. The van der Waals surface area contributed by atoms with Crippen molar-refractivity contribution in [1.29, 1.82) is 0 Å². The van der Waals surface area contributed by atoms with Crippen molar-refractivity contribution in [2.75, 3.05) is 24.5 Å². The maximum atomic E-state index is 5.91. The second-order valence-electron chi connectivity index (χ2n) is 4.93. The van der Waals surface area contributed by atoms with Crippen LogP contribution in [0.25, 0.3) is 11.0 Å². The molecule has 3 heteroatoms. The summed E-state index contributed by atoms with van der Waals surface area (Å²) >= 11 is 0. The number of nitrogens with zero attached hydrogens (tertiary/aromatic N) is 1. The number of anilines is 1. The van der Waals surface area contributed by atoms with Crippen molar-refractivity contribution in [2.24, 2.45) is 0 Å². The zero-order valence-electron chi connectivity index (χ0n) is 10.4. The SMILES string of the molecule is Cc1ccc2oc(N3CCNC(C)C3)cc2c1. The zero-order valence-corrected chi connectivity index (χ0v) is 10.4. The molecule has 1 aromatic carbocycles. The van der Waals surface area contributed by atoms with Gasteiger partial charge in [-0.25, -0.2) is 0 Å². The van der Waals surface area contributed by atoms with E-state index >= 15 is 0 Å². The molecule has 1 atom stereocenters. The number of nitrogens with one attached hydrogen (secondary N) is 1. The molecule has 1 N–H and O–H groups in total. The van der Waals surface area contributed by atoms with Crippen LogP contribution in [0, 0.1) is 6.92 Å². The third kappa shape index (κ3) is 2.03. The molecule has 0 amide bonds. The van der Waals surface area contributed by atoms with Gasteiger partial charge in [-0.2, -0.15) is 0 Å². The summed E-state index contributed by atoms with van der Waals surface area (Å²) in [5.74, 6) is 0.999. The molecular formula is C14H18N2O. The maximum absolute atomic E-state index is 5.91. The Morgan fingerprint density at radius 1 is 1.35 bits per heavy atom. The Bertz CT molecular complexity index is 532. The number of hydrogen-bond donors (Lipinski definition) is 1. The van der Waals surface area contributed by atoms with Crippen molar-refractivity contribution in [3.05, 3.63) is 29.8 Å². The lowest BCUT2D eigenvalue weighted by molar-refractivity contribution is 0.458. The third-order valence-electron chi connectivity index (χ3n) is 3.34. The summed E-state index contributed by atoms with van der Waals surface area (Å²) in [6.07, 6.45) is 0. The highest BCUT2D eigenvalue weighted by molar-refractivity contribution is 5.81. The van der Waals surface area contributed by atoms with Crippen LogP contribution in [0.1, 0.15) is 12.5 Å². The fourth-order valence-electron chi connectivity index (χ4n) is 2.44. The molecule has 0 aliphatic carbocycles. The molecule has 0 spiro atoms. The fraction of sp³-hybridized carbons (Fsp3) is 0.429. The Morgan fingerprint density at radius 2 is 2.24 bits per heavy atom. The van der Waals surface area contributed by atoms with Crippen LogP contribution < -0.4 is 10.2 Å².